The summed E-state index contributed by atoms with van der Waals surface area (Å²) >= 11 is 0. The van der Waals surface area contributed by atoms with Gasteiger partial charge in [-0.15, -0.1) is 0 Å². The predicted octanol–water partition coefficient (Wildman–Crippen LogP) is 1.41. The average Bonchev–Trinajstić information content (AvgIpc) is 2.41. The molecule has 0 spiro atoms. The molecule has 2 unspecified atom stereocenters. The molecule has 1 aliphatic heterocycles. The molecule has 19 heavy (non-hydrogen) atoms. The molecule has 106 valence electrons. The summed E-state index contributed by atoms with van der Waals surface area (Å²) in [4.78, 5) is 3.06. The van der Waals surface area contributed by atoms with E-state index in [1.807, 2.05) is 25.1 Å². The number of nitrogens with two attached hydrogens (primary N) is 1. The van der Waals surface area contributed by atoms with Gasteiger partial charge >= 0.3 is 0 Å². The van der Waals surface area contributed by atoms with Gasteiger partial charge < -0.3 is 10.5 Å². The largest absolute Gasteiger partial charge is 0.398 e. The minimum Gasteiger partial charge on any atom is -0.398 e. The summed E-state index contributed by atoms with van der Waals surface area (Å²) in [5.74, 6) is 0.518. The van der Waals surface area contributed by atoms with Crippen molar-refractivity contribution in [3.05, 3.63) is 23.8 Å². The molecule has 4 nitrogen and oxygen atoms in total. The van der Waals surface area contributed by atoms with Gasteiger partial charge in [0.05, 0.1) is 34.2 Å². The Hall–Kier alpha value is -0.910. The Kier molecular flexibility index (Phi) is 4.96. The first-order valence-electron chi connectivity index (χ1n) is 6.68. The van der Waals surface area contributed by atoms with Crippen molar-refractivity contribution in [1.82, 2.24) is 4.90 Å². The van der Waals surface area contributed by atoms with E-state index in [1.165, 1.54) is 0 Å². The minimum absolute atomic E-state index is 0.0365. The van der Waals surface area contributed by atoms with Crippen LogP contribution in [0.1, 0.15) is 12.5 Å². The number of nitrogens with zero attached hydrogens (tertiary/aromatic N) is 1. The highest BCUT2D eigenvalue weighted by atomic mass is 32.2. The second-order valence-corrected chi connectivity index (χ2v) is 6.40. The number of hydrogen-bond donors (Lipinski definition) is 1. The van der Waals surface area contributed by atoms with E-state index < -0.39 is 10.8 Å². The molecule has 1 aliphatic rings. The summed E-state index contributed by atoms with van der Waals surface area (Å²) in [6, 6.07) is 5.67. The number of hydrogen-bond acceptors (Lipinski definition) is 4. The third kappa shape index (κ3) is 3.78. The number of nitrogen functional groups attached to an aromatic ring is 1. The predicted molar refractivity (Wildman–Crippen MR) is 78.7 cm³/mol. The van der Waals surface area contributed by atoms with E-state index in [0.717, 1.165) is 36.7 Å². The summed E-state index contributed by atoms with van der Waals surface area (Å²) < 4.78 is 18.1. The van der Waals surface area contributed by atoms with Crippen LogP contribution in [0.2, 0.25) is 0 Å². The molecule has 0 aliphatic carbocycles. The van der Waals surface area contributed by atoms with Crippen LogP contribution in [0.25, 0.3) is 0 Å². The van der Waals surface area contributed by atoms with E-state index in [-0.39, 0.29) is 6.10 Å². The Balaban J connectivity index is 2.02. The van der Waals surface area contributed by atoms with Crippen LogP contribution in [0.15, 0.2) is 23.1 Å². The normalized spacial score (nSPS) is 22.3. The summed E-state index contributed by atoms with van der Waals surface area (Å²) in [7, 11) is -1.10. The van der Waals surface area contributed by atoms with Crippen molar-refractivity contribution in [2.24, 2.45) is 0 Å². The summed E-state index contributed by atoms with van der Waals surface area (Å²) in [5, 5.41) is 0. The lowest BCUT2D eigenvalue weighted by Crippen LogP contribution is -2.44. The highest BCUT2D eigenvalue weighted by Crippen LogP contribution is 2.20. The molecule has 2 atom stereocenters. The van der Waals surface area contributed by atoms with Gasteiger partial charge in [-0.3, -0.25) is 9.11 Å². The maximum atomic E-state index is 12.4. The van der Waals surface area contributed by atoms with Crippen LogP contribution in [-0.4, -0.2) is 47.2 Å². The van der Waals surface area contributed by atoms with Gasteiger partial charge in [0.25, 0.3) is 0 Å². The second kappa shape index (κ2) is 6.50. The number of benzene rings is 1. The average molecular weight is 282 g/mol. The fourth-order valence-corrected chi connectivity index (χ4v) is 3.63. The van der Waals surface area contributed by atoms with E-state index >= 15 is 0 Å². The number of ether oxygens (including phenoxy) is 1. The monoisotopic (exact) mass is 282 g/mol. The van der Waals surface area contributed by atoms with Crippen molar-refractivity contribution >= 4 is 16.5 Å². The molecule has 1 aromatic rings. The fraction of sp³-hybridized carbons (Fsp3) is 0.571. The van der Waals surface area contributed by atoms with Crippen LogP contribution in [-0.2, 0) is 15.5 Å². The lowest BCUT2D eigenvalue weighted by Gasteiger charge is -2.31. The Morgan fingerprint density at radius 1 is 1.53 bits per heavy atom. The summed E-state index contributed by atoms with van der Waals surface area (Å²) in [5.41, 5.74) is 7.59. The molecule has 2 rings (SSSR count). The molecule has 0 aromatic heterocycles. The lowest BCUT2D eigenvalue weighted by molar-refractivity contribution is -0.0141. The third-order valence-electron chi connectivity index (χ3n) is 3.42. The topological polar surface area (TPSA) is 55.6 Å². The zero-order chi connectivity index (χ0) is 13.8. The Labute approximate surface area is 117 Å². The lowest BCUT2D eigenvalue weighted by atomic mass is 10.2. The van der Waals surface area contributed by atoms with E-state index in [4.69, 9.17) is 10.5 Å². The van der Waals surface area contributed by atoms with Crippen LogP contribution in [0, 0.1) is 6.92 Å². The zero-order valence-electron chi connectivity index (χ0n) is 11.6. The van der Waals surface area contributed by atoms with Crippen LogP contribution in [0.4, 0.5) is 5.69 Å². The van der Waals surface area contributed by atoms with Gasteiger partial charge in [-0.1, -0.05) is 13.0 Å². The first kappa shape index (κ1) is 14.5. The quantitative estimate of drug-likeness (QED) is 0.848. The van der Waals surface area contributed by atoms with Gasteiger partial charge in [-0.25, -0.2) is 0 Å². The molecule has 2 N–H and O–H groups in total. The van der Waals surface area contributed by atoms with Crippen LogP contribution >= 0.6 is 0 Å². The van der Waals surface area contributed by atoms with Crippen LogP contribution in [0.5, 0.6) is 0 Å². The van der Waals surface area contributed by atoms with Gasteiger partial charge in [0.1, 0.15) is 0 Å². The van der Waals surface area contributed by atoms with Crippen molar-refractivity contribution in [3.8, 4) is 0 Å². The van der Waals surface area contributed by atoms with Gasteiger partial charge in [0.15, 0.2) is 0 Å². The maximum Gasteiger partial charge on any atom is 0.0821 e. The zero-order valence-corrected chi connectivity index (χ0v) is 12.4. The SMILES string of the molecule is CCN1CCOC(CS(=O)c2cc(C)ccc2N)C1. The molecule has 5 heteroatoms. The van der Waals surface area contributed by atoms with Crippen molar-refractivity contribution in [2.75, 3.05) is 37.7 Å². The number of anilines is 1. The molecule has 1 heterocycles. The van der Waals surface area contributed by atoms with Gasteiger partial charge in [-0.2, -0.15) is 0 Å². The maximum absolute atomic E-state index is 12.4. The van der Waals surface area contributed by atoms with Crippen molar-refractivity contribution in [1.29, 1.82) is 0 Å². The second-order valence-electron chi connectivity index (χ2n) is 4.94. The smallest absolute Gasteiger partial charge is 0.0821 e. The number of morpholine rings is 1. The van der Waals surface area contributed by atoms with Gasteiger partial charge in [-0.05, 0) is 31.2 Å². The number of aryl methyl sites for hydroxylation is 1. The summed E-state index contributed by atoms with van der Waals surface area (Å²) in [6.07, 6.45) is 0.0365. The van der Waals surface area contributed by atoms with E-state index in [0.29, 0.717) is 11.4 Å². The molecule has 1 aromatic carbocycles. The number of rotatable bonds is 4. The Morgan fingerprint density at radius 3 is 3.05 bits per heavy atom. The Morgan fingerprint density at radius 2 is 2.32 bits per heavy atom. The van der Waals surface area contributed by atoms with E-state index in [1.54, 1.807) is 0 Å². The van der Waals surface area contributed by atoms with E-state index in [9.17, 15) is 4.21 Å². The third-order valence-corrected chi connectivity index (χ3v) is 4.94. The van der Waals surface area contributed by atoms with Gasteiger partial charge in [0.2, 0.25) is 0 Å². The van der Waals surface area contributed by atoms with Crippen molar-refractivity contribution in [2.45, 2.75) is 24.8 Å². The fourth-order valence-electron chi connectivity index (χ4n) is 2.27. The first-order valence-corrected chi connectivity index (χ1v) is 8.00. The van der Waals surface area contributed by atoms with Crippen LogP contribution in [0.3, 0.4) is 0 Å². The molecule has 1 saturated heterocycles. The van der Waals surface area contributed by atoms with Crippen molar-refractivity contribution in [3.63, 3.8) is 0 Å². The van der Waals surface area contributed by atoms with Crippen molar-refractivity contribution < 1.29 is 8.95 Å². The molecule has 0 bridgehead atoms. The molecule has 0 amide bonds. The first-order chi connectivity index (χ1) is 9.10. The molecule has 1 fully saturated rings. The highest BCUT2D eigenvalue weighted by molar-refractivity contribution is 7.85. The Bertz CT molecular complexity index is 465. The molecule has 0 saturated carbocycles. The van der Waals surface area contributed by atoms with Crippen LogP contribution < -0.4 is 5.73 Å². The van der Waals surface area contributed by atoms with Gasteiger partial charge in [0, 0.05) is 18.8 Å². The summed E-state index contributed by atoms with van der Waals surface area (Å²) in [6.45, 7) is 7.67. The molecule has 0 radical (unpaired) electrons. The minimum atomic E-state index is -1.10. The number of likely N-dealkylation sites (N-methyl/N-ethyl adjacent to an activating group) is 1. The molecular weight excluding hydrogens is 260 g/mol. The standard InChI is InChI=1S/C14H22N2O2S/c1-3-16-6-7-18-12(9-16)10-19(17)14-8-11(2)4-5-13(14)15/h4-5,8,12H,3,6-7,9-10,15H2,1-2H3. The highest BCUT2D eigenvalue weighted by Gasteiger charge is 2.22. The van der Waals surface area contributed by atoms with E-state index in [2.05, 4.69) is 11.8 Å². The molecular formula is C14H22N2O2S.